The van der Waals surface area contributed by atoms with E-state index in [1.54, 1.807) is 4.68 Å². The number of rotatable bonds is 4. The van der Waals surface area contributed by atoms with E-state index in [-0.39, 0.29) is 12.0 Å². The minimum atomic E-state index is -0.531. The Kier molecular flexibility index (Phi) is 4.65. The van der Waals surface area contributed by atoms with Crippen LogP contribution in [0.2, 0.25) is 0 Å². The molecule has 2 N–H and O–H groups in total. The third-order valence-corrected chi connectivity index (χ3v) is 5.03. The van der Waals surface area contributed by atoms with Crippen LogP contribution in [0.4, 0.5) is 5.69 Å². The molecule has 1 amide bonds. The number of nitrogens with zero attached hydrogens (tertiary/aromatic N) is 3. The first-order valence-electron chi connectivity index (χ1n) is 9.04. The van der Waals surface area contributed by atoms with Gasteiger partial charge < -0.3 is 15.2 Å². The molecule has 1 fully saturated rings. The van der Waals surface area contributed by atoms with Crippen LogP contribution in [0, 0.1) is 0 Å². The van der Waals surface area contributed by atoms with Crippen LogP contribution in [0.1, 0.15) is 24.0 Å². The van der Waals surface area contributed by atoms with Gasteiger partial charge in [-0.1, -0.05) is 0 Å². The number of anilines is 1. The minimum Gasteiger partial charge on any atom is -0.488 e. The summed E-state index contributed by atoms with van der Waals surface area (Å²) in [5.41, 5.74) is 3.10. The number of aromatic nitrogens is 2. The maximum absolute atomic E-state index is 11.4. The van der Waals surface area contributed by atoms with Gasteiger partial charge in [-0.05, 0) is 36.6 Å². The maximum Gasteiger partial charge on any atom is 0.224 e. The van der Waals surface area contributed by atoms with Crippen molar-refractivity contribution in [1.29, 1.82) is 0 Å². The van der Waals surface area contributed by atoms with Crippen molar-refractivity contribution in [1.82, 2.24) is 14.7 Å². The third-order valence-electron chi connectivity index (χ3n) is 5.03. The molecular weight excluding hydrogens is 332 g/mol. The van der Waals surface area contributed by atoms with Crippen molar-refractivity contribution in [2.45, 2.75) is 38.0 Å². The summed E-state index contributed by atoms with van der Waals surface area (Å²) in [4.78, 5) is 13.7. The highest BCUT2D eigenvalue weighted by atomic mass is 16.5. The van der Waals surface area contributed by atoms with E-state index in [9.17, 15) is 9.90 Å². The van der Waals surface area contributed by atoms with Gasteiger partial charge in [0.15, 0.2) is 0 Å². The van der Waals surface area contributed by atoms with Crippen LogP contribution in [0.5, 0.6) is 5.75 Å². The molecule has 0 aliphatic carbocycles. The van der Waals surface area contributed by atoms with E-state index in [0.29, 0.717) is 13.0 Å². The number of likely N-dealkylation sites (tertiary alicyclic amines) is 1. The maximum atomic E-state index is 11.4. The first kappa shape index (κ1) is 17.1. The number of hydrogen-bond donors (Lipinski definition) is 2. The number of carbonyl (C=O) groups excluding carboxylic acids is 1. The van der Waals surface area contributed by atoms with Crippen LogP contribution in [-0.4, -0.2) is 51.0 Å². The van der Waals surface area contributed by atoms with Gasteiger partial charge in [0.2, 0.25) is 5.91 Å². The number of carbonyl (C=O) groups is 1. The summed E-state index contributed by atoms with van der Waals surface area (Å²) in [5, 5.41) is 17.6. The van der Waals surface area contributed by atoms with Crippen LogP contribution in [0.3, 0.4) is 0 Å². The van der Waals surface area contributed by atoms with Crippen molar-refractivity contribution in [3.05, 3.63) is 41.7 Å². The van der Waals surface area contributed by atoms with Crippen molar-refractivity contribution in [2.75, 3.05) is 18.4 Å². The molecule has 7 nitrogen and oxygen atoms in total. The van der Waals surface area contributed by atoms with E-state index < -0.39 is 6.10 Å². The molecule has 2 aliphatic rings. The lowest BCUT2D eigenvalue weighted by atomic mass is 10.0. The quantitative estimate of drug-likeness (QED) is 0.864. The number of amides is 1. The lowest BCUT2D eigenvalue weighted by Gasteiger charge is -2.35. The molecule has 2 atom stereocenters. The fourth-order valence-electron chi connectivity index (χ4n) is 3.68. The highest BCUT2D eigenvalue weighted by Gasteiger charge is 2.29. The molecule has 4 rings (SSSR count). The molecule has 2 aliphatic heterocycles. The molecule has 26 heavy (non-hydrogen) atoms. The number of ether oxygens (including phenoxy) is 1. The molecule has 0 saturated carbocycles. The largest absolute Gasteiger partial charge is 0.488 e. The summed E-state index contributed by atoms with van der Waals surface area (Å²) in [6.07, 6.45) is 5.13. The van der Waals surface area contributed by atoms with Crippen LogP contribution in [0.25, 0.3) is 0 Å². The topological polar surface area (TPSA) is 79.6 Å². The standard InChI is InChI=1S/C19H24N4O3/c1-22-10-13(9-20-22)11-23-7-6-18(17(24)12-23)26-15-3-4-16-14(8-15)2-5-19(25)21-16/h3-4,8-10,17-18,24H,2,5-7,11-12H2,1H3,(H,21,25)/t17-,18-/m1/s1. The van der Waals surface area contributed by atoms with Gasteiger partial charge in [0.25, 0.3) is 0 Å². The van der Waals surface area contributed by atoms with Gasteiger partial charge in [-0.15, -0.1) is 0 Å². The molecule has 0 unspecified atom stereocenters. The number of aliphatic hydroxyl groups excluding tert-OH is 1. The highest BCUT2D eigenvalue weighted by molar-refractivity contribution is 5.93. The van der Waals surface area contributed by atoms with Crippen molar-refractivity contribution >= 4 is 11.6 Å². The number of fused-ring (bicyclic) bond motifs is 1. The first-order chi connectivity index (χ1) is 12.6. The monoisotopic (exact) mass is 356 g/mol. The molecule has 1 saturated heterocycles. The fraction of sp³-hybridized carbons (Fsp3) is 0.474. The smallest absolute Gasteiger partial charge is 0.224 e. The summed E-state index contributed by atoms with van der Waals surface area (Å²) in [5.74, 6) is 0.812. The van der Waals surface area contributed by atoms with Gasteiger partial charge in [0.1, 0.15) is 18.0 Å². The Hall–Kier alpha value is -2.38. The van der Waals surface area contributed by atoms with Gasteiger partial charge in [-0.2, -0.15) is 5.10 Å². The SMILES string of the molecule is Cn1cc(CN2CC[C@@H](Oc3ccc4c(c3)CCC(=O)N4)[C@H](O)C2)cn1. The molecule has 0 bridgehead atoms. The van der Waals surface area contributed by atoms with E-state index in [2.05, 4.69) is 15.3 Å². The molecule has 1 aromatic heterocycles. The number of β-amino-alcohol motifs (C(OH)–C–C–N with tert-alkyl or cyclic N) is 1. The Labute approximate surface area is 152 Å². The Morgan fingerprint density at radius 1 is 1.38 bits per heavy atom. The van der Waals surface area contributed by atoms with Gasteiger partial charge >= 0.3 is 0 Å². The van der Waals surface area contributed by atoms with Gasteiger partial charge in [0, 0.05) is 50.6 Å². The van der Waals surface area contributed by atoms with Crippen molar-refractivity contribution < 1.29 is 14.6 Å². The Morgan fingerprint density at radius 3 is 3.04 bits per heavy atom. The third kappa shape index (κ3) is 3.73. The van der Waals surface area contributed by atoms with Gasteiger partial charge in [-0.3, -0.25) is 14.4 Å². The minimum absolute atomic E-state index is 0.0579. The summed E-state index contributed by atoms with van der Waals surface area (Å²) >= 11 is 0. The molecule has 1 aromatic carbocycles. The van der Waals surface area contributed by atoms with E-state index in [1.807, 2.05) is 37.6 Å². The molecule has 0 radical (unpaired) electrons. The summed E-state index contributed by atoms with van der Waals surface area (Å²) in [6.45, 7) is 2.24. The summed E-state index contributed by atoms with van der Waals surface area (Å²) < 4.78 is 7.85. The number of piperidine rings is 1. The van der Waals surface area contributed by atoms with Gasteiger partial charge in [0.05, 0.1) is 6.20 Å². The van der Waals surface area contributed by atoms with E-state index in [0.717, 1.165) is 48.5 Å². The fourth-order valence-corrected chi connectivity index (χ4v) is 3.68. The van der Waals surface area contributed by atoms with Crippen LogP contribution in [0.15, 0.2) is 30.6 Å². The molecule has 7 heteroatoms. The Balaban J connectivity index is 1.35. The van der Waals surface area contributed by atoms with Crippen LogP contribution in [-0.2, 0) is 24.8 Å². The van der Waals surface area contributed by atoms with Crippen LogP contribution >= 0.6 is 0 Å². The Morgan fingerprint density at radius 2 is 2.27 bits per heavy atom. The molecule has 0 spiro atoms. The predicted octanol–water partition coefficient (Wildman–Crippen LogP) is 1.32. The first-order valence-corrected chi connectivity index (χ1v) is 9.04. The molecule has 2 aromatic rings. The summed E-state index contributed by atoms with van der Waals surface area (Å²) in [6, 6.07) is 5.72. The predicted molar refractivity (Wildman–Crippen MR) is 96.9 cm³/mol. The van der Waals surface area contributed by atoms with E-state index in [4.69, 9.17) is 4.74 Å². The van der Waals surface area contributed by atoms with Crippen molar-refractivity contribution in [3.8, 4) is 5.75 Å². The number of benzene rings is 1. The van der Waals surface area contributed by atoms with Gasteiger partial charge in [-0.25, -0.2) is 0 Å². The molecular formula is C19H24N4O3. The second kappa shape index (κ2) is 7.09. The van der Waals surface area contributed by atoms with E-state index in [1.165, 1.54) is 0 Å². The average Bonchev–Trinajstić information content (AvgIpc) is 3.02. The highest BCUT2D eigenvalue weighted by Crippen LogP contribution is 2.28. The number of aryl methyl sites for hydroxylation is 2. The molecule has 3 heterocycles. The zero-order chi connectivity index (χ0) is 18.1. The lowest BCUT2D eigenvalue weighted by Crippen LogP contribution is -2.48. The van der Waals surface area contributed by atoms with Crippen LogP contribution < -0.4 is 10.1 Å². The second-order valence-electron chi connectivity index (χ2n) is 7.14. The average molecular weight is 356 g/mol. The molecule has 138 valence electrons. The number of nitrogens with one attached hydrogen (secondary N) is 1. The van der Waals surface area contributed by atoms with E-state index >= 15 is 0 Å². The zero-order valence-electron chi connectivity index (χ0n) is 14.9. The number of hydrogen-bond acceptors (Lipinski definition) is 5. The van der Waals surface area contributed by atoms with Crippen molar-refractivity contribution in [2.24, 2.45) is 7.05 Å². The van der Waals surface area contributed by atoms with Crippen molar-refractivity contribution in [3.63, 3.8) is 0 Å². The zero-order valence-corrected chi connectivity index (χ0v) is 14.9. The lowest BCUT2D eigenvalue weighted by molar-refractivity contribution is -0.116. The normalized spacial score (nSPS) is 23.4. The second-order valence-corrected chi connectivity index (χ2v) is 7.14. The summed E-state index contributed by atoms with van der Waals surface area (Å²) in [7, 11) is 1.91. The number of aliphatic hydroxyl groups is 1. The Bertz CT molecular complexity index is 804.